The molecule has 0 atom stereocenters. The van der Waals surface area contributed by atoms with Gasteiger partial charge in [-0.2, -0.15) is 0 Å². The van der Waals surface area contributed by atoms with Crippen molar-refractivity contribution < 1.29 is 13.6 Å². The summed E-state index contributed by atoms with van der Waals surface area (Å²) in [6.07, 6.45) is 1.57. The van der Waals surface area contributed by atoms with Crippen LogP contribution in [0, 0.1) is 5.82 Å². The molecular weight excluding hydrogens is 343 g/mol. The van der Waals surface area contributed by atoms with Crippen LogP contribution in [0.25, 0.3) is 11.4 Å². The van der Waals surface area contributed by atoms with Gasteiger partial charge in [0.25, 0.3) is 0 Å². The van der Waals surface area contributed by atoms with Gasteiger partial charge in [-0.15, -0.1) is 10.2 Å². The number of aromatic nitrogens is 3. The lowest BCUT2D eigenvalue weighted by atomic mass is 10.2. The number of thioether (sulfide) groups is 1. The number of hydrogen-bond acceptors (Lipinski definition) is 5. The van der Waals surface area contributed by atoms with E-state index in [2.05, 4.69) is 15.5 Å². The van der Waals surface area contributed by atoms with E-state index < -0.39 is 0 Å². The van der Waals surface area contributed by atoms with Crippen molar-refractivity contribution in [3.05, 3.63) is 54.2 Å². The third-order valence-electron chi connectivity index (χ3n) is 3.51. The third kappa shape index (κ3) is 4.27. The topological polar surface area (TPSA) is 73.0 Å². The fraction of sp³-hybridized carbons (Fsp3) is 0.235. The monoisotopic (exact) mass is 360 g/mol. The minimum Gasteiger partial charge on any atom is -0.467 e. The second-order valence-electron chi connectivity index (χ2n) is 5.20. The highest BCUT2D eigenvalue weighted by Gasteiger charge is 2.14. The van der Waals surface area contributed by atoms with Crippen LogP contribution in [0.15, 0.2) is 52.2 Å². The van der Waals surface area contributed by atoms with Crippen molar-refractivity contribution in [2.75, 3.05) is 5.75 Å². The molecule has 0 fully saturated rings. The number of carbonyl (C=O) groups excluding carboxylic acids is 1. The Morgan fingerprint density at radius 2 is 2.08 bits per heavy atom. The van der Waals surface area contributed by atoms with Crippen molar-refractivity contribution >= 4 is 17.7 Å². The number of carbonyl (C=O) groups is 1. The first-order chi connectivity index (χ1) is 12.2. The zero-order chi connectivity index (χ0) is 17.6. The SMILES string of the molecule is CCn1c(SCC(=O)NCc2ccco2)nnc1-c1ccc(F)cc1. The summed E-state index contributed by atoms with van der Waals surface area (Å²) in [6, 6.07) is 9.68. The number of benzene rings is 1. The molecule has 25 heavy (non-hydrogen) atoms. The Bertz CT molecular complexity index is 831. The molecule has 3 aromatic rings. The van der Waals surface area contributed by atoms with Crippen LogP contribution in [-0.2, 0) is 17.9 Å². The maximum absolute atomic E-state index is 13.1. The van der Waals surface area contributed by atoms with Gasteiger partial charge in [0, 0.05) is 12.1 Å². The van der Waals surface area contributed by atoms with E-state index in [9.17, 15) is 9.18 Å². The summed E-state index contributed by atoms with van der Waals surface area (Å²) in [5, 5.41) is 11.8. The van der Waals surface area contributed by atoms with Crippen molar-refractivity contribution in [2.45, 2.75) is 25.2 Å². The maximum Gasteiger partial charge on any atom is 0.230 e. The number of hydrogen-bond donors (Lipinski definition) is 1. The van der Waals surface area contributed by atoms with Gasteiger partial charge in [-0.3, -0.25) is 4.79 Å². The summed E-state index contributed by atoms with van der Waals surface area (Å²) in [4.78, 5) is 12.0. The number of amides is 1. The predicted octanol–water partition coefficient (Wildman–Crippen LogP) is 3.11. The van der Waals surface area contributed by atoms with Crippen LogP contribution in [0.1, 0.15) is 12.7 Å². The Balaban J connectivity index is 1.62. The van der Waals surface area contributed by atoms with Gasteiger partial charge >= 0.3 is 0 Å². The molecule has 0 unspecified atom stereocenters. The van der Waals surface area contributed by atoms with Crippen LogP contribution in [0.3, 0.4) is 0 Å². The smallest absolute Gasteiger partial charge is 0.230 e. The molecule has 2 aromatic heterocycles. The molecular formula is C17H17FN4O2S. The van der Waals surface area contributed by atoms with E-state index in [0.717, 1.165) is 5.56 Å². The van der Waals surface area contributed by atoms with Gasteiger partial charge in [0.05, 0.1) is 18.6 Å². The summed E-state index contributed by atoms with van der Waals surface area (Å²) < 4.78 is 20.1. The van der Waals surface area contributed by atoms with Crippen molar-refractivity contribution in [1.29, 1.82) is 0 Å². The Morgan fingerprint density at radius 3 is 2.76 bits per heavy atom. The lowest BCUT2D eigenvalue weighted by molar-refractivity contribution is -0.118. The molecule has 0 radical (unpaired) electrons. The minimum absolute atomic E-state index is 0.115. The molecule has 0 bridgehead atoms. The number of nitrogens with one attached hydrogen (secondary N) is 1. The van der Waals surface area contributed by atoms with Gasteiger partial charge in [0.2, 0.25) is 5.91 Å². The van der Waals surface area contributed by atoms with E-state index in [1.165, 1.54) is 23.9 Å². The lowest BCUT2D eigenvalue weighted by Crippen LogP contribution is -2.24. The average Bonchev–Trinajstić information content (AvgIpc) is 3.28. The molecule has 130 valence electrons. The third-order valence-corrected chi connectivity index (χ3v) is 4.47. The summed E-state index contributed by atoms with van der Waals surface area (Å²) in [5.74, 6) is 1.17. The lowest BCUT2D eigenvalue weighted by Gasteiger charge is -2.07. The van der Waals surface area contributed by atoms with Crippen LogP contribution < -0.4 is 5.32 Å². The number of furan rings is 1. The van der Waals surface area contributed by atoms with Gasteiger partial charge in [-0.05, 0) is 43.3 Å². The summed E-state index contributed by atoms with van der Waals surface area (Å²) in [6.45, 7) is 2.97. The number of halogens is 1. The van der Waals surface area contributed by atoms with E-state index >= 15 is 0 Å². The average molecular weight is 360 g/mol. The summed E-state index contributed by atoms with van der Waals surface area (Å²) in [7, 11) is 0. The molecule has 2 heterocycles. The number of rotatable bonds is 7. The fourth-order valence-corrected chi connectivity index (χ4v) is 3.11. The summed E-state index contributed by atoms with van der Waals surface area (Å²) >= 11 is 1.31. The van der Waals surface area contributed by atoms with Gasteiger partial charge in [-0.1, -0.05) is 11.8 Å². The highest BCUT2D eigenvalue weighted by atomic mass is 32.2. The van der Waals surface area contributed by atoms with Crippen LogP contribution in [0.2, 0.25) is 0 Å². The van der Waals surface area contributed by atoms with Crippen LogP contribution >= 0.6 is 11.8 Å². The van der Waals surface area contributed by atoms with Crippen molar-refractivity contribution in [2.24, 2.45) is 0 Å². The zero-order valence-corrected chi connectivity index (χ0v) is 14.4. The van der Waals surface area contributed by atoms with Gasteiger partial charge in [0.1, 0.15) is 11.6 Å². The first kappa shape index (κ1) is 17.2. The standard InChI is InChI=1S/C17H17FN4O2S/c1-2-22-16(12-5-7-13(18)8-6-12)20-21-17(22)25-11-15(23)19-10-14-4-3-9-24-14/h3-9H,2,10-11H2,1H3,(H,19,23). The zero-order valence-electron chi connectivity index (χ0n) is 13.6. The number of nitrogens with zero attached hydrogens (tertiary/aromatic N) is 3. The molecule has 0 aliphatic heterocycles. The van der Waals surface area contributed by atoms with Gasteiger partial charge < -0.3 is 14.3 Å². The summed E-state index contributed by atoms with van der Waals surface area (Å²) in [5.41, 5.74) is 0.782. The van der Waals surface area contributed by atoms with Gasteiger partial charge in [-0.25, -0.2) is 4.39 Å². The maximum atomic E-state index is 13.1. The molecule has 1 N–H and O–H groups in total. The van der Waals surface area contributed by atoms with E-state index in [0.29, 0.717) is 29.8 Å². The van der Waals surface area contributed by atoms with Gasteiger partial charge in [0.15, 0.2) is 11.0 Å². The largest absolute Gasteiger partial charge is 0.467 e. The highest BCUT2D eigenvalue weighted by molar-refractivity contribution is 7.99. The Kier molecular flexibility index (Phi) is 5.49. The van der Waals surface area contributed by atoms with Crippen LogP contribution in [-0.4, -0.2) is 26.4 Å². The Labute approximate surface area is 148 Å². The molecule has 1 amide bonds. The molecule has 6 nitrogen and oxygen atoms in total. The second-order valence-corrected chi connectivity index (χ2v) is 6.14. The van der Waals surface area contributed by atoms with Crippen molar-refractivity contribution in [3.8, 4) is 11.4 Å². The molecule has 0 saturated heterocycles. The van der Waals surface area contributed by atoms with Crippen LogP contribution in [0.5, 0.6) is 0 Å². The first-order valence-electron chi connectivity index (χ1n) is 7.78. The fourth-order valence-electron chi connectivity index (χ4n) is 2.27. The normalized spacial score (nSPS) is 10.8. The van der Waals surface area contributed by atoms with E-state index in [1.807, 2.05) is 11.5 Å². The molecule has 0 aliphatic rings. The molecule has 0 aliphatic carbocycles. The van der Waals surface area contributed by atoms with Crippen molar-refractivity contribution in [1.82, 2.24) is 20.1 Å². The predicted molar refractivity (Wildman–Crippen MR) is 92.4 cm³/mol. The van der Waals surface area contributed by atoms with Crippen molar-refractivity contribution in [3.63, 3.8) is 0 Å². The van der Waals surface area contributed by atoms with E-state index in [1.54, 1.807) is 30.5 Å². The molecule has 1 aromatic carbocycles. The van der Waals surface area contributed by atoms with E-state index in [4.69, 9.17) is 4.42 Å². The van der Waals surface area contributed by atoms with E-state index in [-0.39, 0.29) is 17.5 Å². The molecule has 0 saturated carbocycles. The minimum atomic E-state index is -0.297. The highest BCUT2D eigenvalue weighted by Crippen LogP contribution is 2.24. The quantitative estimate of drug-likeness (QED) is 0.656. The molecule has 0 spiro atoms. The molecule has 8 heteroatoms. The Hall–Kier alpha value is -2.61. The van der Waals surface area contributed by atoms with Crippen LogP contribution in [0.4, 0.5) is 4.39 Å². The first-order valence-corrected chi connectivity index (χ1v) is 8.77. The second kappa shape index (κ2) is 7.98. The molecule has 3 rings (SSSR count). The Morgan fingerprint density at radius 1 is 1.28 bits per heavy atom.